The third-order valence-corrected chi connectivity index (χ3v) is 3.41. The maximum atomic E-state index is 13.5. The van der Waals surface area contributed by atoms with Gasteiger partial charge in [-0.2, -0.15) is 13.2 Å². The van der Waals surface area contributed by atoms with Crippen LogP contribution >= 0.6 is 24.0 Å². The molecule has 0 saturated heterocycles. The van der Waals surface area contributed by atoms with Gasteiger partial charge in [0.15, 0.2) is 5.96 Å². The topological polar surface area (TPSA) is 71.7 Å². The first-order valence-corrected chi connectivity index (χ1v) is 8.31. The number of halogens is 4. The first-order valence-electron chi connectivity index (χ1n) is 8.31. The number of nitrogens with zero attached hydrogens (tertiary/aromatic N) is 2. The van der Waals surface area contributed by atoms with Crippen molar-refractivity contribution in [1.82, 2.24) is 15.8 Å². The van der Waals surface area contributed by atoms with Gasteiger partial charge in [-0.15, -0.1) is 24.0 Å². The molecule has 1 aromatic heterocycles. The van der Waals surface area contributed by atoms with Crippen molar-refractivity contribution in [3.8, 4) is 5.75 Å². The van der Waals surface area contributed by atoms with Gasteiger partial charge in [0.05, 0.1) is 12.1 Å². The second-order valence-electron chi connectivity index (χ2n) is 6.80. The maximum Gasteiger partial charge on any atom is 0.416 e. The van der Waals surface area contributed by atoms with Crippen molar-refractivity contribution < 1.29 is 22.4 Å². The van der Waals surface area contributed by atoms with Gasteiger partial charge in [0.1, 0.15) is 23.3 Å². The molecule has 2 N–H and O–H groups in total. The van der Waals surface area contributed by atoms with Gasteiger partial charge in [-0.1, -0.05) is 11.2 Å². The van der Waals surface area contributed by atoms with Gasteiger partial charge >= 0.3 is 6.18 Å². The van der Waals surface area contributed by atoms with Crippen molar-refractivity contribution in [3.63, 3.8) is 0 Å². The Labute approximate surface area is 178 Å². The highest BCUT2D eigenvalue weighted by Gasteiger charge is 2.34. The number of rotatable bonds is 5. The van der Waals surface area contributed by atoms with Crippen molar-refractivity contribution in [2.75, 3.05) is 7.05 Å². The molecule has 0 aliphatic rings. The van der Waals surface area contributed by atoms with Gasteiger partial charge in [-0.05, 0) is 38.5 Å². The van der Waals surface area contributed by atoms with E-state index in [1.54, 1.807) is 26.8 Å². The van der Waals surface area contributed by atoms with Crippen LogP contribution in [0.15, 0.2) is 40.0 Å². The van der Waals surface area contributed by atoms with Gasteiger partial charge < -0.3 is 19.9 Å². The van der Waals surface area contributed by atoms with Gasteiger partial charge in [-0.25, -0.2) is 0 Å². The Morgan fingerprint density at radius 3 is 2.36 bits per heavy atom. The second-order valence-corrected chi connectivity index (χ2v) is 6.80. The van der Waals surface area contributed by atoms with E-state index in [2.05, 4.69) is 20.8 Å². The van der Waals surface area contributed by atoms with Crippen LogP contribution in [0, 0.1) is 0 Å². The van der Waals surface area contributed by atoms with E-state index < -0.39 is 17.3 Å². The lowest BCUT2D eigenvalue weighted by atomic mass is 10.1. The molecule has 0 saturated carbocycles. The van der Waals surface area contributed by atoms with Gasteiger partial charge in [0.2, 0.25) is 0 Å². The zero-order chi connectivity index (χ0) is 20.1. The van der Waals surface area contributed by atoms with E-state index in [4.69, 9.17) is 9.26 Å². The van der Waals surface area contributed by atoms with Crippen LogP contribution in [-0.4, -0.2) is 23.8 Å². The summed E-state index contributed by atoms with van der Waals surface area (Å²) in [7, 11) is 1.53. The molecule has 6 nitrogen and oxygen atoms in total. The van der Waals surface area contributed by atoms with E-state index in [9.17, 15) is 13.2 Å². The van der Waals surface area contributed by atoms with Crippen LogP contribution in [0.5, 0.6) is 5.75 Å². The molecular weight excluding hydrogens is 488 g/mol. The van der Waals surface area contributed by atoms with E-state index in [0.717, 1.165) is 6.07 Å². The summed E-state index contributed by atoms with van der Waals surface area (Å²) in [5, 5.41) is 9.56. The molecule has 1 heterocycles. The number of nitrogens with one attached hydrogen (secondary N) is 2. The molecule has 156 valence electrons. The first kappa shape index (κ1) is 24.1. The van der Waals surface area contributed by atoms with Crippen LogP contribution in [0.2, 0.25) is 0 Å². The monoisotopic (exact) mass is 512 g/mol. The fourth-order valence-electron chi connectivity index (χ4n) is 2.29. The standard InChI is InChI=1S/C18H23F3N4O2.HI/c1-17(2,3)27-14-6-5-12(15(9-14)18(19,20)21)10-23-16(22-4)24-11-13-7-8-26-25-13;/h5-9H,10-11H2,1-4H3,(H2,22,23,24);1H. The third kappa shape index (κ3) is 7.56. The highest BCUT2D eigenvalue weighted by atomic mass is 127. The summed E-state index contributed by atoms with van der Waals surface area (Å²) in [5.74, 6) is 0.522. The van der Waals surface area contributed by atoms with Gasteiger partial charge in [0, 0.05) is 19.7 Å². The van der Waals surface area contributed by atoms with Crippen molar-refractivity contribution in [3.05, 3.63) is 47.3 Å². The van der Waals surface area contributed by atoms with Crippen LogP contribution in [0.25, 0.3) is 0 Å². The first-order chi connectivity index (χ1) is 12.6. The summed E-state index contributed by atoms with van der Waals surface area (Å²) < 4.78 is 50.6. The molecule has 2 aromatic rings. The van der Waals surface area contributed by atoms with Gasteiger partial charge in [0.25, 0.3) is 0 Å². The van der Waals surface area contributed by atoms with E-state index >= 15 is 0 Å². The lowest BCUT2D eigenvalue weighted by Gasteiger charge is -2.23. The second kappa shape index (κ2) is 9.99. The smallest absolute Gasteiger partial charge is 0.416 e. The van der Waals surface area contributed by atoms with Crippen LogP contribution in [0.4, 0.5) is 13.2 Å². The molecule has 10 heteroatoms. The zero-order valence-corrected chi connectivity index (χ0v) is 18.4. The molecule has 0 bridgehead atoms. The number of alkyl halides is 3. The summed E-state index contributed by atoms with van der Waals surface area (Å²) in [5.41, 5.74) is -0.593. The highest BCUT2D eigenvalue weighted by molar-refractivity contribution is 14.0. The molecule has 2 rings (SSSR count). The predicted octanol–water partition coefficient (Wildman–Crippen LogP) is 4.35. The highest BCUT2D eigenvalue weighted by Crippen LogP contribution is 2.35. The zero-order valence-electron chi connectivity index (χ0n) is 16.1. The predicted molar refractivity (Wildman–Crippen MR) is 111 cm³/mol. The Balaban J connectivity index is 0.00000392. The van der Waals surface area contributed by atoms with E-state index in [1.807, 2.05) is 0 Å². The molecule has 28 heavy (non-hydrogen) atoms. The van der Waals surface area contributed by atoms with Crippen LogP contribution in [0.3, 0.4) is 0 Å². The van der Waals surface area contributed by atoms with Crippen LogP contribution in [0.1, 0.15) is 37.6 Å². The number of ether oxygens (including phenoxy) is 1. The van der Waals surface area contributed by atoms with Crippen LogP contribution < -0.4 is 15.4 Å². The molecule has 0 amide bonds. The van der Waals surface area contributed by atoms with Crippen molar-refractivity contribution >= 4 is 29.9 Å². The molecule has 0 aliphatic heterocycles. The summed E-state index contributed by atoms with van der Waals surface area (Å²) in [6.07, 6.45) is -3.06. The molecule has 0 aliphatic carbocycles. The van der Waals surface area contributed by atoms with Crippen LogP contribution in [-0.2, 0) is 19.3 Å². The number of aromatic nitrogens is 1. The summed E-state index contributed by atoms with van der Waals surface area (Å²) in [6, 6.07) is 5.63. The van der Waals surface area contributed by atoms with E-state index in [0.29, 0.717) is 18.2 Å². The van der Waals surface area contributed by atoms with Crippen molar-refractivity contribution in [2.45, 2.75) is 45.6 Å². The fraction of sp³-hybridized carbons (Fsp3) is 0.444. The molecular formula is C18H24F3IN4O2. The Hall–Kier alpha value is -1.98. The summed E-state index contributed by atoms with van der Waals surface area (Å²) in [6.45, 7) is 5.62. The molecule has 1 aromatic carbocycles. The minimum Gasteiger partial charge on any atom is -0.488 e. The Bertz CT molecular complexity index is 772. The SMILES string of the molecule is CN=C(NCc1ccon1)NCc1ccc(OC(C)(C)C)cc1C(F)(F)F.I. The van der Waals surface area contributed by atoms with E-state index in [1.165, 1.54) is 25.4 Å². The molecule has 0 atom stereocenters. The van der Waals surface area contributed by atoms with Crippen molar-refractivity contribution in [2.24, 2.45) is 4.99 Å². The Morgan fingerprint density at radius 2 is 1.82 bits per heavy atom. The number of hydrogen-bond donors (Lipinski definition) is 2. The van der Waals surface area contributed by atoms with E-state index in [-0.39, 0.29) is 41.8 Å². The maximum absolute atomic E-state index is 13.5. The summed E-state index contributed by atoms with van der Waals surface area (Å²) in [4.78, 5) is 3.99. The molecule has 0 unspecified atom stereocenters. The Kier molecular flexibility index (Phi) is 8.58. The largest absolute Gasteiger partial charge is 0.488 e. The number of benzene rings is 1. The lowest BCUT2D eigenvalue weighted by Crippen LogP contribution is -2.36. The average Bonchev–Trinajstić information content (AvgIpc) is 3.07. The van der Waals surface area contributed by atoms with Gasteiger partial charge in [-0.3, -0.25) is 4.99 Å². The molecule has 0 fully saturated rings. The quantitative estimate of drug-likeness (QED) is 0.354. The fourth-order valence-corrected chi connectivity index (χ4v) is 2.29. The minimum atomic E-state index is -4.49. The number of guanidine groups is 1. The molecule has 0 radical (unpaired) electrons. The lowest BCUT2D eigenvalue weighted by molar-refractivity contribution is -0.138. The van der Waals surface area contributed by atoms with Crippen molar-refractivity contribution in [1.29, 1.82) is 0 Å². The summed E-state index contributed by atoms with van der Waals surface area (Å²) >= 11 is 0. The number of aliphatic imine (C=N–C) groups is 1. The minimum absolute atomic E-state index is 0. The normalized spacial score (nSPS) is 12.3. The average molecular weight is 512 g/mol. The third-order valence-electron chi connectivity index (χ3n) is 3.41. The molecule has 0 spiro atoms. The Morgan fingerprint density at radius 1 is 1.14 bits per heavy atom. The number of hydrogen-bond acceptors (Lipinski definition) is 4.